The monoisotopic (exact) mass is 487 g/mol. The molecule has 36 heavy (non-hydrogen) atoms. The Morgan fingerprint density at radius 2 is 2.00 bits per heavy atom. The van der Waals surface area contributed by atoms with Crippen LogP contribution in [-0.4, -0.2) is 24.7 Å². The van der Waals surface area contributed by atoms with Crippen molar-refractivity contribution in [2.45, 2.75) is 32.9 Å². The molecule has 1 N–H and O–H groups in total. The number of halogens is 1. The maximum atomic E-state index is 13.2. The van der Waals surface area contributed by atoms with Gasteiger partial charge < -0.3 is 10.1 Å². The van der Waals surface area contributed by atoms with Gasteiger partial charge >= 0.3 is 5.69 Å². The molecule has 0 bridgehead atoms. The number of pyridine rings is 2. The van der Waals surface area contributed by atoms with Crippen LogP contribution >= 0.6 is 0 Å². The minimum atomic E-state index is -0.565. The number of benzene rings is 1. The quantitative estimate of drug-likeness (QED) is 0.273. The molecule has 0 aliphatic carbocycles. The second kappa shape index (κ2) is 9.79. The van der Waals surface area contributed by atoms with Crippen LogP contribution in [0, 0.1) is 27.3 Å². The molecule has 0 fully saturated rings. The van der Waals surface area contributed by atoms with Crippen LogP contribution in [0.4, 0.5) is 21.7 Å². The molecular formula is C25H22FN7O3. The summed E-state index contributed by atoms with van der Waals surface area (Å²) in [7, 11) is 0. The molecule has 0 saturated carbocycles. The Hall–Kier alpha value is -4.85. The third kappa shape index (κ3) is 5.12. The molecule has 3 heterocycles. The Kier molecular flexibility index (Phi) is 6.60. The normalized spacial score (nSPS) is 11.1. The largest absolute Gasteiger partial charge is 0.480 e. The smallest absolute Gasteiger partial charge is 0.310 e. The van der Waals surface area contributed by atoms with E-state index in [0.29, 0.717) is 28.6 Å². The van der Waals surface area contributed by atoms with E-state index >= 15 is 0 Å². The molecule has 0 saturated heterocycles. The molecule has 3 aromatic heterocycles. The van der Waals surface area contributed by atoms with Crippen molar-refractivity contribution in [3.05, 3.63) is 88.1 Å². The number of nitrogens with zero attached hydrogens (tertiary/aromatic N) is 6. The van der Waals surface area contributed by atoms with E-state index in [2.05, 4.69) is 26.5 Å². The molecule has 4 aromatic rings. The van der Waals surface area contributed by atoms with Gasteiger partial charge in [0, 0.05) is 17.8 Å². The van der Waals surface area contributed by atoms with Crippen LogP contribution in [0.5, 0.6) is 5.75 Å². The summed E-state index contributed by atoms with van der Waals surface area (Å²) in [6, 6.07) is 14.5. The first-order valence-corrected chi connectivity index (χ1v) is 10.9. The van der Waals surface area contributed by atoms with Crippen molar-refractivity contribution in [2.24, 2.45) is 0 Å². The van der Waals surface area contributed by atoms with Crippen LogP contribution in [0.2, 0.25) is 0 Å². The van der Waals surface area contributed by atoms with Gasteiger partial charge in [0.05, 0.1) is 22.4 Å². The molecule has 4 rings (SSSR count). The second-order valence-corrected chi connectivity index (χ2v) is 8.80. The fourth-order valence-corrected chi connectivity index (χ4v) is 3.46. The highest BCUT2D eigenvalue weighted by Gasteiger charge is 2.27. The third-order valence-electron chi connectivity index (χ3n) is 5.14. The van der Waals surface area contributed by atoms with E-state index < -0.39 is 16.3 Å². The maximum absolute atomic E-state index is 13.2. The summed E-state index contributed by atoms with van der Waals surface area (Å²) in [5, 5.41) is 29.5. The van der Waals surface area contributed by atoms with Gasteiger partial charge in [0.15, 0.2) is 5.75 Å². The Morgan fingerprint density at radius 1 is 1.19 bits per heavy atom. The number of ether oxygens (including phenoxy) is 1. The summed E-state index contributed by atoms with van der Waals surface area (Å²) in [6.45, 7) is 5.70. The zero-order chi connectivity index (χ0) is 25.9. The fourth-order valence-electron chi connectivity index (χ4n) is 3.46. The molecule has 182 valence electrons. The van der Waals surface area contributed by atoms with Gasteiger partial charge in [-0.1, -0.05) is 6.07 Å². The number of hydrogen-bond donors (Lipinski definition) is 1. The van der Waals surface area contributed by atoms with Gasteiger partial charge in [0.1, 0.15) is 41.4 Å². The zero-order valence-electron chi connectivity index (χ0n) is 19.8. The summed E-state index contributed by atoms with van der Waals surface area (Å²) in [4.78, 5) is 19.2. The topological polar surface area (TPSA) is 132 Å². The molecule has 0 aliphatic heterocycles. The first kappa shape index (κ1) is 24.3. The van der Waals surface area contributed by atoms with Crippen molar-refractivity contribution in [1.82, 2.24) is 19.7 Å². The SMILES string of the molecule is CC(C)(C)n1nc(-c2ccc([N+](=O)[O-])c(OCc3ccc(F)cn3)c2)c(C#N)c1Nc1ccccn1. The highest BCUT2D eigenvalue weighted by Crippen LogP contribution is 2.37. The summed E-state index contributed by atoms with van der Waals surface area (Å²) >= 11 is 0. The van der Waals surface area contributed by atoms with E-state index in [-0.39, 0.29) is 23.6 Å². The van der Waals surface area contributed by atoms with Crippen molar-refractivity contribution in [1.29, 1.82) is 5.26 Å². The number of anilines is 2. The van der Waals surface area contributed by atoms with Crippen molar-refractivity contribution < 1.29 is 14.1 Å². The Morgan fingerprint density at radius 3 is 2.61 bits per heavy atom. The van der Waals surface area contributed by atoms with Crippen molar-refractivity contribution >= 4 is 17.3 Å². The summed E-state index contributed by atoms with van der Waals surface area (Å²) < 4.78 is 20.5. The lowest BCUT2D eigenvalue weighted by molar-refractivity contribution is -0.385. The second-order valence-electron chi connectivity index (χ2n) is 8.80. The summed E-state index contributed by atoms with van der Waals surface area (Å²) in [5.41, 5.74) is 0.650. The molecule has 11 heteroatoms. The van der Waals surface area contributed by atoms with Crippen LogP contribution in [0.25, 0.3) is 11.3 Å². The maximum Gasteiger partial charge on any atom is 0.310 e. The van der Waals surface area contributed by atoms with Gasteiger partial charge in [0.25, 0.3) is 0 Å². The molecule has 0 aliphatic rings. The fraction of sp³-hybridized carbons (Fsp3) is 0.200. The molecule has 0 atom stereocenters. The number of nitro benzene ring substituents is 1. The minimum Gasteiger partial charge on any atom is -0.480 e. The lowest BCUT2D eigenvalue weighted by Gasteiger charge is -2.22. The van der Waals surface area contributed by atoms with Gasteiger partial charge in [-0.3, -0.25) is 15.1 Å². The number of nitriles is 1. The summed E-state index contributed by atoms with van der Waals surface area (Å²) in [6.07, 6.45) is 2.67. The van der Waals surface area contributed by atoms with Gasteiger partial charge in [-0.15, -0.1) is 0 Å². The summed E-state index contributed by atoms with van der Waals surface area (Å²) in [5.74, 6) is 0.442. The molecule has 1 aromatic carbocycles. The van der Waals surface area contributed by atoms with Gasteiger partial charge in [-0.05, 0) is 57.2 Å². The van der Waals surface area contributed by atoms with Crippen molar-refractivity contribution in [3.8, 4) is 23.1 Å². The first-order chi connectivity index (χ1) is 17.2. The molecule has 0 radical (unpaired) electrons. The van der Waals surface area contributed by atoms with E-state index in [1.807, 2.05) is 26.8 Å². The molecule has 0 spiro atoms. The third-order valence-corrected chi connectivity index (χ3v) is 5.14. The van der Waals surface area contributed by atoms with Crippen LogP contribution < -0.4 is 10.1 Å². The highest BCUT2D eigenvalue weighted by molar-refractivity contribution is 5.77. The highest BCUT2D eigenvalue weighted by atomic mass is 19.1. The number of nitro groups is 1. The van der Waals surface area contributed by atoms with E-state index in [1.165, 1.54) is 30.3 Å². The zero-order valence-corrected chi connectivity index (χ0v) is 19.8. The van der Waals surface area contributed by atoms with Crippen LogP contribution in [0.1, 0.15) is 32.0 Å². The average Bonchev–Trinajstić information content (AvgIpc) is 3.22. The van der Waals surface area contributed by atoms with Gasteiger partial charge in [-0.2, -0.15) is 10.4 Å². The van der Waals surface area contributed by atoms with Gasteiger partial charge in [0.2, 0.25) is 0 Å². The molecule has 0 unspecified atom stereocenters. The van der Waals surface area contributed by atoms with E-state index in [4.69, 9.17) is 4.74 Å². The number of hydrogen-bond acceptors (Lipinski definition) is 8. The van der Waals surface area contributed by atoms with Crippen molar-refractivity contribution in [2.75, 3.05) is 5.32 Å². The van der Waals surface area contributed by atoms with Crippen LogP contribution in [0.15, 0.2) is 60.9 Å². The lowest BCUT2D eigenvalue weighted by Crippen LogP contribution is -2.24. The molecular weight excluding hydrogens is 465 g/mol. The van der Waals surface area contributed by atoms with E-state index in [9.17, 15) is 19.8 Å². The molecule has 10 nitrogen and oxygen atoms in total. The Balaban J connectivity index is 1.78. The molecule has 0 amide bonds. The Labute approximate surface area is 206 Å². The Bertz CT molecular complexity index is 1440. The predicted octanol–water partition coefficient (Wildman–Crippen LogP) is 5.34. The van der Waals surface area contributed by atoms with E-state index in [1.54, 1.807) is 23.0 Å². The number of aromatic nitrogens is 4. The van der Waals surface area contributed by atoms with E-state index in [0.717, 1.165) is 6.20 Å². The van der Waals surface area contributed by atoms with Crippen molar-refractivity contribution in [3.63, 3.8) is 0 Å². The predicted molar refractivity (Wildman–Crippen MR) is 130 cm³/mol. The van der Waals surface area contributed by atoms with Crippen LogP contribution in [0.3, 0.4) is 0 Å². The first-order valence-electron chi connectivity index (χ1n) is 10.9. The average molecular weight is 487 g/mol. The number of nitrogens with one attached hydrogen (secondary N) is 1. The number of rotatable bonds is 7. The minimum absolute atomic E-state index is 0.0305. The standard InChI is InChI=1S/C25H22FN7O3/c1-25(2,3)32-24(30-22-6-4-5-11-28-22)19(13-27)23(31-32)16-7-10-20(33(34)35)21(12-16)36-15-18-9-8-17(26)14-29-18/h4-12,14H,15H2,1-3H3,(H,28,30). The van der Waals surface area contributed by atoms with Gasteiger partial charge in [-0.25, -0.2) is 14.1 Å². The lowest BCUT2D eigenvalue weighted by atomic mass is 10.1. The van der Waals surface area contributed by atoms with Crippen LogP contribution in [-0.2, 0) is 12.1 Å².